The molecule has 3 rings (SSSR count). The first-order chi connectivity index (χ1) is 9.83. The molecule has 0 spiro atoms. The van der Waals surface area contributed by atoms with E-state index < -0.39 is 0 Å². The zero-order chi connectivity index (χ0) is 13.8. The minimum atomic E-state index is 0.220. The number of benzene rings is 1. The Kier molecular flexibility index (Phi) is 4.71. The molecule has 3 unspecified atom stereocenters. The smallest absolute Gasteiger partial charge is 0.0730 e. The van der Waals surface area contributed by atoms with Gasteiger partial charge in [-0.15, -0.1) is 0 Å². The van der Waals surface area contributed by atoms with Crippen LogP contribution in [0.25, 0.3) is 0 Å². The normalized spacial score (nSPS) is 28.9. The molecule has 0 bridgehead atoms. The van der Waals surface area contributed by atoms with Crippen molar-refractivity contribution in [2.24, 2.45) is 5.73 Å². The van der Waals surface area contributed by atoms with E-state index in [0.717, 1.165) is 26.1 Å². The van der Waals surface area contributed by atoms with E-state index in [-0.39, 0.29) is 6.04 Å². The summed E-state index contributed by atoms with van der Waals surface area (Å²) in [5.74, 6) is 0. The predicted octanol–water partition coefficient (Wildman–Crippen LogP) is 2.20. The van der Waals surface area contributed by atoms with E-state index >= 15 is 0 Å². The third-order valence-corrected chi connectivity index (χ3v) is 4.66. The standard InChI is InChI=1S/C17H26N2O/c18-15(12-14-6-2-1-3-7-14)13-19-10-11-20-17-9-5-4-8-16(17)19/h1-3,6-7,15-17H,4-5,8-13,18H2. The van der Waals surface area contributed by atoms with Crippen molar-refractivity contribution < 1.29 is 4.74 Å². The van der Waals surface area contributed by atoms with Gasteiger partial charge in [0.15, 0.2) is 0 Å². The van der Waals surface area contributed by atoms with E-state index in [1.807, 2.05) is 0 Å². The molecule has 3 nitrogen and oxygen atoms in total. The number of fused-ring (bicyclic) bond motifs is 1. The Bertz CT molecular complexity index is 407. The van der Waals surface area contributed by atoms with Crippen molar-refractivity contribution in [3.05, 3.63) is 35.9 Å². The highest BCUT2D eigenvalue weighted by atomic mass is 16.5. The molecule has 1 aromatic carbocycles. The molecule has 2 aliphatic rings. The van der Waals surface area contributed by atoms with E-state index in [1.165, 1.54) is 31.2 Å². The van der Waals surface area contributed by atoms with Gasteiger partial charge in [-0.2, -0.15) is 0 Å². The first-order valence-electron chi connectivity index (χ1n) is 7.98. The highest BCUT2D eigenvalue weighted by Crippen LogP contribution is 2.28. The van der Waals surface area contributed by atoms with E-state index in [0.29, 0.717) is 12.1 Å². The molecular formula is C17H26N2O. The molecule has 20 heavy (non-hydrogen) atoms. The molecule has 1 aromatic rings. The van der Waals surface area contributed by atoms with E-state index in [9.17, 15) is 0 Å². The number of rotatable bonds is 4. The predicted molar refractivity (Wildman–Crippen MR) is 81.7 cm³/mol. The second-order valence-corrected chi connectivity index (χ2v) is 6.21. The maximum atomic E-state index is 6.38. The maximum absolute atomic E-state index is 6.38. The van der Waals surface area contributed by atoms with Crippen molar-refractivity contribution in [1.29, 1.82) is 0 Å². The zero-order valence-corrected chi connectivity index (χ0v) is 12.2. The number of ether oxygens (including phenoxy) is 1. The molecule has 2 N–H and O–H groups in total. The van der Waals surface area contributed by atoms with E-state index in [1.54, 1.807) is 0 Å². The van der Waals surface area contributed by atoms with Gasteiger partial charge in [-0.1, -0.05) is 43.2 Å². The third kappa shape index (κ3) is 3.40. The summed E-state index contributed by atoms with van der Waals surface area (Å²) in [5, 5.41) is 0. The van der Waals surface area contributed by atoms with Crippen LogP contribution in [0, 0.1) is 0 Å². The third-order valence-electron chi connectivity index (χ3n) is 4.66. The summed E-state index contributed by atoms with van der Waals surface area (Å²) in [7, 11) is 0. The summed E-state index contributed by atoms with van der Waals surface area (Å²) in [6.45, 7) is 2.92. The first-order valence-corrected chi connectivity index (χ1v) is 7.98. The highest BCUT2D eigenvalue weighted by Gasteiger charge is 2.34. The quantitative estimate of drug-likeness (QED) is 0.915. The number of hydrogen-bond donors (Lipinski definition) is 1. The van der Waals surface area contributed by atoms with Crippen molar-refractivity contribution in [2.75, 3.05) is 19.7 Å². The molecule has 3 atom stereocenters. The van der Waals surface area contributed by atoms with Gasteiger partial charge in [0.25, 0.3) is 0 Å². The lowest BCUT2D eigenvalue weighted by atomic mass is 9.89. The molecule has 0 radical (unpaired) electrons. The van der Waals surface area contributed by atoms with Crippen LogP contribution in [0.3, 0.4) is 0 Å². The van der Waals surface area contributed by atoms with Crippen LogP contribution in [0.2, 0.25) is 0 Å². The molecule has 1 saturated heterocycles. The lowest BCUT2D eigenvalue weighted by Crippen LogP contribution is -2.55. The summed E-state index contributed by atoms with van der Waals surface area (Å²) in [4.78, 5) is 2.58. The fraction of sp³-hybridized carbons (Fsp3) is 0.647. The van der Waals surface area contributed by atoms with Crippen LogP contribution in [0.4, 0.5) is 0 Å². The highest BCUT2D eigenvalue weighted by molar-refractivity contribution is 5.15. The SMILES string of the molecule is NC(Cc1ccccc1)CN1CCOC2CCCCC21. The van der Waals surface area contributed by atoms with Crippen LogP contribution in [0.5, 0.6) is 0 Å². The summed E-state index contributed by atoms with van der Waals surface area (Å²) >= 11 is 0. The minimum Gasteiger partial charge on any atom is -0.375 e. The zero-order valence-electron chi connectivity index (χ0n) is 12.2. The van der Waals surface area contributed by atoms with Gasteiger partial charge in [-0.05, 0) is 24.8 Å². The Morgan fingerprint density at radius 3 is 2.85 bits per heavy atom. The second-order valence-electron chi connectivity index (χ2n) is 6.21. The molecule has 110 valence electrons. The van der Waals surface area contributed by atoms with Gasteiger partial charge < -0.3 is 10.5 Å². The number of nitrogens with two attached hydrogens (primary N) is 1. The van der Waals surface area contributed by atoms with Crippen LogP contribution in [0.15, 0.2) is 30.3 Å². The topological polar surface area (TPSA) is 38.5 Å². The molecular weight excluding hydrogens is 248 g/mol. The molecule has 1 saturated carbocycles. The Labute approximate surface area is 122 Å². The van der Waals surface area contributed by atoms with Crippen molar-refractivity contribution in [2.45, 2.75) is 50.3 Å². The van der Waals surface area contributed by atoms with Crippen molar-refractivity contribution in [3.63, 3.8) is 0 Å². The van der Waals surface area contributed by atoms with E-state index in [2.05, 4.69) is 35.2 Å². The Hall–Kier alpha value is -0.900. The average molecular weight is 274 g/mol. The van der Waals surface area contributed by atoms with Gasteiger partial charge in [0.2, 0.25) is 0 Å². The minimum absolute atomic E-state index is 0.220. The second kappa shape index (κ2) is 6.70. The average Bonchev–Trinajstić information content (AvgIpc) is 2.48. The van der Waals surface area contributed by atoms with Gasteiger partial charge in [-0.3, -0.25) is 4.90 Å². The van der Waals surface area contributed by atoms with Gasteiger partial charge >= 0.3 is 0 Å². The Balaban J connectivity index is 1.56. The molecule has 3 heteroatoms. The largest absolute Gasteiger partial charge is 0.375 e. The number of morpholine rings is 1. The molecule has 1 aliphatic heterocycles. The van der Waals surface area contributed by atoms with E-state index in [4.69, 9.17) is 10.5 Å². The summed E-state index contributed by atoms with van der Waals surface area (Å²) in [6, 6.07) is 11.4. The summed E-state index contributed by atoms with van der Waals surface area (Å²) in [6.07, 6.45) is 6.61. The molecule has 0 amide bonds. The van der Waals surface area contributed by atoms with Crippen LogP contribution in [-0.2, 0) is 11.2 Å². The van der Waals surface area contributed by atoms with Gasteiger partial charge in [0.1, 0.15) is 0 Å². The van der Waals surface area contributed by atoms with Crippen molar-refractivity contribution in [3.8, 4) is 0 Å². The van der Waals surface area contributed by atoms with Gasteiger partial charge in [0.05, 0.1) is 12.7 Å². The molecule has 1 heterocycles. The fourth-order valence-electron chi connectivity index (χ4n) is 3.69. The fourth-order valence-corrected chi connectivity index (χ4v) is 3.69. The Morgan fingerprint density at radius 2 is 2.00 bits per heavy atom. The lowest BCUT2D eigenvalue weighted by molar-refractivity contribution is -0.0892. The van der Waals surface area contributed by atoms with Crippen LogP contribution in [-0.4, -0.2) is 42.8 Å². The first kappa shape index (κ1) is 14.1. The van der Waals surface area contributed by atoms with Crippen molar-refractivity contribution in [1.82, 2.24) is 4.90 Å². The molecule has 0 aromatic heterocycles. The van der Waals surface area contributed by atoms with Gasteiger partial charge in [0, 0.05) is 25.2 Å². The summed E-state index contributed by atoms with van der Waals surface area (Å²) < 4.78 is 5.93. The maximum Gasteiger partial charge on any atom is 0.0730 e. The Morgan fingerprint density at radius 1 is 1.20 bits per heavy atom. The van der Waals surface area contributed by atoms with Gasteiger partial charge in [-0.25, -0.2) is 0 Å². The molecule has 2 fully saturated rings. The number of hydrogen-bond acceptors (Lipinski definition) is 3. The lowest BCUT2D eigenvalue weighted by Gasteiger charge is -2.44. The van der Waals surface area contributed by atoms with Crippen molar-refractivity contribution >= 4 is 0 Å². The number of nitrogens with zero attached hydrogens (tertiary/aromatic N) is 1. The van der Waals surface area contributed by atoms with Crippen LogP contribution >= 0.6 is 0 Å². The summed E-state index contributed by atoms with van der Waals surface area (Å²) in [5.41, 5.74) is 7.72. The van der Waals surface area contributed by atoms with Crippen LogP contribution in [0.1, 0.15) is 31.2 Å². The molecule has 1 aliphatic carbocycles. The monoisotopic (exact) mass is 274 g/mol. The van der Waals surface area contributed by atoms with Crippen LogP contribution < -0.4 is 5.73 Å².